The Morgan fingerprint density at radius 1 is 1.50 bits per heavy atom. The summed E-state index contributed by atoms with van der Waals surface area (Å²) in [5.74, 6) is 0. The predicted octanol–water partition coefficient (Wildman–Crippen LogP) is 3.17. The van der Waals surface area contributed by atoms with Crippen LogP contribution in [0.2, 0.25) is 0 Å². The van der Waals surface area contributed by atoms with Crippen LogP contribution in [0, 0.1) is 15.5 Å². The lowest BCUT2D eigenvalue weighted by Crippen LogP contribution is -2.35. The molecule has 1 saturated carbocycles. The van der Waals surface area contributed by atoms with Crippen LogP contribution in [-0.2, 0) is 0 Å². The second-order valence-corrected chi connectivity index (χ2v) is 5.09. The molecule has 0 saturated heterocycles. The standard InChI is InChI=1S/C13H19N3O2/c1-2-13(6-3-7-13)9-15-10-4-5-12(16(17)18)11(14)8-10/h4-5,8,15H,2-3,6-7,9,14H2,1H3. The number of nitrogen functional groups attached to an aromatic ring is 1. The molecule has 5 heteroatoms. The fourth-order valence-electron chi connectivity index (χ4n) is 2.45. The maximum absolute atomic E-state index is 10.7. The lowest BCUT2D eigenvalue weighted by molar-refractivity contribution is -0.383. The van der Waals surface area contributed by atoms with Crippen LogP contribution < -0.4 is 11.1 Å². The first-order valence-corrected chi connectivity index (χ1v) is 6.34. The molecule has 0 amide bonds. The van der Waals surface area contributed by atoms with Crippen molar-refractivity contribution in [3.8, 4) is 0 Å². The first kappa shape index (κ1) is 12.7. The molecule has 18 heavy (non-hydrogen) atoms. The Balaban J connectivity index is 2.02. The number of nitrogens with one attached hydrogen (secondary N) is 1. The summed E-state index contributed by atoms with van der Waals surface area (Å²) < 4.78 is 0. The number of rotatable bonds is 5. The van der Waals surface area contributed by atoms with Gasteiger partial charge < -0.3 is 11.1 Å². The van der Waals surface area contributed by atoms with Crippen LogP contribution in [0.25, 0.3) is 0 Å². The normalized spacial score (nSPS) is 16.9. The molecule has 1 fully saturated rings. The number of benzene rings is 1. The smallest absolute Gasteiger partial charge is 0.292 e. The fourth-order valence-corrected chi connectivity index (χ4v) is 2.45. The molecule has 0 heterocycles. The van der Waals surface area contributed by atoms with Crippen molar-refractivity contribution in [2.24, 2.45) is 5.41 Å². The summed E-state index contributed by atoms with van der Waals surface area (Å²) in [5, 5.41) is 14.0. The number of anilines is 2. The molecule has 1 aromatic rings. The van der Waals surface area contributed by atoms with Gasteiger partial charge in [0.15, 0.2) is 0 Å². The minimum absolute atomic E-state index is 0.0330. The van der Waals surface area contributed by atoms with Crippen molar-refractivity contribution in [2.75, 3.05) is 17.6 Å². The molecule has 1 aliphatic carbocycles. The van der Waals surface area contributed by atoms with Crippen LogP contribution in [0.5, 0.6) is 0 Å². The van der Waals surface area contributed by atoms with Gasteiger partial charge in [0.05, 0.1) is 4.92 Å². The van der Waals surface area contributed by atoms with Crippen molar-refractivity contribution in [1.29, 1.82) is 0 Å². The molecular weight excluding hydrogens is 230 g/mol. The second-order valence-electron chi connectivity index (χ2n) is 5.09. The van der Waals surface area contributed by atoms with Crippen LogP contribution in [0.15, 0.2) is 18.2 Å². The first-order valence-electron chi connectivity index (χ1n) is 6.34. The molecule has 0 spiro atoms. The van der Waals surface area contributed by atoms with E-state index in [1.807, 2.05) is 0 Å². The summed E-state index contributed by atoms with van der Waals surface area (Å²) in [7, 11) is 0. The number of nitro benzene ring substituents is 1. The lowest BCUT2D eigenvalue weighted by atomic mass is 9.67. The quantitative estimate of drug-likeness (QED) is 0.477. The van der Waals surface area contributed by atoms with Gasteiger partial charge in [-0.05, 0) is 36.8 Å². The molecule has 0 radical (unpaired) electrons. The molecule has 2 rings (SSSR count). The molecule has 0 aromatic heterocycles. The Morgan fingerprint density at radius 3 is 2.67 bits per heavy atom. The van der Waals surface area contributed by atoms with Crippen LogP contribution >= 0.6 is 0 Å². The summed E-state index contributed by atoms with van der Waals surface area (Å²) in [6.07, 6.45) is 5.00. The molecule has 5 nitrogen and oxygen atoms in total. The summed E-state index contributed by atoms with van der Waals surface area (Å²) in [6.45, 7) is 3.13. The van der Waals surface area contributed by atoms with Crippen molar-refractivity contribution in [3.63, 3.8) is 0 Å². The van der Waals surface area contributed by atoms with E-state index >= 15 is 0 Å². The zero-order valence-corrected chi connectivity index (χ0v) is 10.6. The molecule has 3 N–H and O–H groups in total. The van der Waals surface area contributed by atoms with E-state index in [9.17, 15) is 10.1 Å². The van der Waals surface area contributed by atoms with E-state index in [-0.39, 0.29) is 11.4 Å². The van der Waals surface area contributed by atoms with Crippen LogP contribution in [-0.4, -0.2) is 11.5 Å². The fraction of sp³-hybridized carbons (Fsp3) is 0.538. The van der Waals surface area contributed by atoms with E-state index in [0.717, 1.165) is 12.2 Å². The molecule has 0 atom stereocenters. The number of nitrogens with zero attached hydrogens (tertiary/aromatic N) is 1. The lowest BCUT2D eigenvalue weighted by Gasteiger charge is -2.41. The Labute approximate surface area is 107 Å². The topological polar surface area (TPSA) is 81.2 Å². The average Bonchev–Trinajstić information content (AvgIpc) is 2.27. The summed E-state index contributed by atoms with van der Waals surface area (Å²) in [6, 6.07) is 4.81. The van der Waals surface area contributed by atoms with E-state index < -0.39 is 4.92 Å². The van der Waals surface area contributed by atoms with E-state index in [1.165, 1.54) is 31.7 Å². The van der Waals surface area contributed by atoms with Gasteiger partial charge in [-0.25, -0.2) is 0 Å². The third-order valence-electron chi connectivity index (χ3n) is 4.06. The summed E-state index contributed by atoms with van der Waals surface area (Å²) in [5.41, 5.74) is 7.11. The van der Waals surface area contributed by atoms with Gasteiger partial charge in [0, 0.05) is 18.3 Å². The van der Waals surface area contributed by atoms with Gasteiger partial charge in [-0.15, -0.1) is 0 Å². The van der Waals surface area contributed by atoms with Gasteiger partial charge in [-0.2, -0.15) is 0 Å². The molecule has 98 valence electrons. The number of hydrogen-bond acceptors (Lipinski definition) is 4. The van der Waals surface area contributed by atoms with Crippen LogP contribution in [0.1, 0.15) is 32.6 Å². The first-order chi connectivity index (χ1) is 8.56. The van der Waals surface area contributed by atoms with Crippen molar-refractivity contribution in [1.82, 2.24) is 0 Å². The average molecular weight is 249 g/mol. The van der Waals surface area contributed by atoms with Gasteiger partial charge in [0.2, 0.25) is 0 Å². The zero-order chi connectivity index (χ0) is 13.2. The van der Waals surface area contributed by atoms with E-state index in [4.69, 9.17) is 5.73 Å². The number of nitro groups is 1. The monoisotopic (exact) mass is 249 g/mol. The second kappa shape index (κ2) is 4.84. The van der Waals surface area contributed by atoms with Crippen LogP contribution in [0.4, 0.5) is 17.1 Å². The largest absolute Gasteiger partial charge is 0.393 e. The third kappa shape index (κ3) is 2.39. The zero-order valence-electron chi connectivity index (χ0n) is 10.6. The SMILES string of the molecule is CCC1(CNc2ccc([N+](=O)[O-])c(N)c2)CCC1. The van der Waals surface area contributed by atoms with Gasteiger partial charge in [0.25, 0.3) is 5.69 Å². The van der Waals surface area contributed by atoms with E-state index in [0.29, 0.717) is 5.41 Å². The highest BCUT2D eigenvalue weighted by Crippen LogP contribution is 2.43. The van der Waals surface area contributed by atoms with Crippen molar-refractivity contribution in [2.45, 2.75) is 32.6 Å². The van der Waals surface area contributed by atoms with Crippen LogP contribution in [0.3, 0.4) is 0 Å². The summed E-state index contributed by atoms with van der Waals surface area (Å²) in [4.78, 5) is 10.2. The van der Waals surface area contributed by atoms with E-state index in [2.05, 4.69) is 12.2 Å². The minimum Gasteiger partial charge on any atom is -0.393 e. The molecule has 0 unspecified atom stereocenters. The van der Waals surface area contributed by atoms with Crippen molar-refractivity contribution < 1.29 is 4.92 Å². The van der Waals surface area contributed by atoms with Gasteiger partial charge >= 0.3 is 0 Å². The third-order valence-corrected chi connectivity index (χ3v) is 4.06. The van der Waals surface area contributed by atoms with Crippen molar-refractivity contribution in [3.05, 3.63) is 28.3 Å². The highest BCUT2D eigenvalue weighted by atomic mass is 16.6. The molecule has 1 aromatic carbocycles. The molecule has 0 bridgehead atoms. The van der Waals surface area contributed by atoms with Gasteiger partial charge in [-0.1, -0.05) is 13.3 Å². The number of nitrogens with two attached hydrogens (primary N) is 1. The Morgan fingerprint density at radius 2 is 2.22 bits per heavy atom. The van der Waals surface area contributed by atoms with Gasteiger partial charge in [-0.3, -0.25) is 10.1 Å². The molecule has 0 aliphatic heterocycles. The summed E-state index contributed by atoms with van der Waals surface area (Å²) >= 11 is 0. The Kier molecular flexibility index (Phi) is 3.41. The van der Waals surface area contributed by atoms with Gasteiger partial charge in [0.1, 0.15) is 5.69 Å². The van der Waals surface area contributed by atoms with E-state index in [1.54, 1.807) is 12.1 Å². The molecular formula is C13H19N3O2. The molecule has 1 aliphatic rings. The predicted molar refractivity (Wildman–Crippen MR) is 72.6 cm³/mol. The Hall–Kier alpha value is -1.78. The highest BCUT2D eigenvalue weighted by molar-refractivity contribution is 5.65. The Bertz CT molecular complexity index is 450. The maximum atomic E-state index is 10.7. The highest BCUT2D eigenvalue weighted by Gasteiger charge is 2.34. The minimum atomic E-state index is -0.460. The maximum Gasteiger partial charge on any atom is 0.292 e. The number of hydrogen-bond donors (Lipinski definition) is 2. The van der Waals surface area contributed by atoms with Crippen molar-refractivity contribution >= 4 is 17.1 Å².